The van der Waals surface area contributed by atoms with Crippen LogP contribution in [0.5, 0.6) is 0 Å². The Morgan fingerprint density at radius 1 is 1.37 bits per heavy atom. The number of thiophene rings is 1. The summed E-state index contributed by atoms with van der Waals surface area (Å²) in [4.78, 5) is 1.25. The summed E-state index contributed by atoms with van der Waals surface area (Å²) in [6, 6.07) is 4.09. The quantitative estimate of drug-likeness (QED) is 0.878. The van der Waals surface area contributed by atoms with Gasteiger partial charge in [-0.15, -0.1) is 11.3 Å². The molecular weight excluding hydrogens is 278 g/mol. The standard InChI is InChI=1S/C14H23NO2S2/c1-12(10-15-11-13-6-5-9-18-13)19(16,17)14-7-3-2-4-8-14/h5-6,9,12,14-15H,2-4,7-8,10-11H2,1H3. The van der Waals surface area contributed by atoms with Crippen molar-refractivity contribution in [2.45, 2.75) is 56.1 Å². The average molecular weight is 301 g/mol. The van der Waals surface area contributed by atoms with Crippen LogP contribution in [-0.4, -0.2) is 25.5 Å². The van der Waals surface area contributed by atoms with E-state index in [-0.39, 0.29) is 10.5 Å². The lowest BCUT2D eigenvalue weighted by molar-refractivity contribution is 0.476. The van der Waals surface area contributed by atoms with E-state index in [1.807, 2.05) is 18.4 Å². The summed E-state index contributed by atoms with van der Waals surface area (Å²) in [6.07, 6.45) is 5.05. The van der Waals surface area contributed by atoms with Gasteiger partial charge >= 0.3 is 0 Å². The van der Waals surface area contributed by atoms with Gasteiger partial charge in [0.05, 0.1) is 10.5 Å². The predicted octanol–water partition coefficient (Wildman–Crippen LogP) is 2.97. The molecule has 0 radical (unpaired) electrons. The van der Waals surface area contributed by atoms with Crippen LogP contribution in [0.4, 0.5) is 0 Å². The van der Waals surface area contributed by atoms with Crippen molar-refractivity contribution in [3.63, 3.8) is 0 Å². The van der Waals surface area contributed by atoms with Crippen molar-refractivity contribution in [3.05, 3.63) is 22.4 Å². The van der Waals surface area contributed by atoms with Gasteiger partial charge in [0.1, 0.15) is 0 Å². The summed E-state index contributed by atoms with van der Waals surface area (Å²) in [5, 5.41) is 4.93. The van der Waals surface area contributed by atoms with Crippen molar-refractivity contribution >= 4 is 21.2 Å². The molecule has 1 fully saturated rings. The second kappa shape index (κ2) is 6.86. The van der Waals surface area contributed by atoms with Crippen LogP contribution >= 0.6 is 11.3 Å². The van der Waals surface area contributed by atoms with Gasteiger partial charge in [-0.1, -0.05) is 25.3 Å². The van der Waals surface area contributed by atoms with Crippen molar-refractivity contribution in [1.82, 2.24) is 5.32 Å². The number of nitrogens with one attached hydrogen (secondary N) is 1. The van der Waals surface area contributed by atoms with Gasteiger partial charge in [-0.3, -0.25) is 0 Å². The van der Waals surface area contributed by atoms with E-state index in [1.165, 1.54) is 11.3 Å². The van der Waals surface area contributed by atoms with Crippen molar-refractivity contribution in [2.75, 3.05) is 6.54 Å². The third-order valence-electron chi connectivity index (χ3n) is 3.89. The molecule has 0 spiro atoms. The smallest absolute Gasteiger partial charge is 0.156 e. The fourth-order valence-electron chi connectivity index (χ4n) is 2.65. The minimum atomic E-state index is -2.96. The van der Waals surface area contributed by atoms with Gasteiger partial charge in [-0.05, 0) is 31.2 Å². The second-order valence-corrected chi connectivity index (χ2v) is 9.05. The van der Waals surface area contributed by atoms with Gasteiger partial charge in [-0.2, -0.15) is 0 Å². The first-order chi connectivity index (χ1) is 9.10. The van der Waals surface area contributed by atoms with Crippen LogP contribution in [0.3, 0.4) is 0 Å². The van der Waals surface area contributed by atoms with E-state index >= 15 is 0 Å². The highest BCUT2D eigenvalue weighted by Gasteiger charge is 2.31. The number of hydrogen-bond donors (Lipinski definition) is 1. The molecule has 2 rings (SSSR count). The Balaban J connectivity index is 1.82. The largest absolute Gasteiger partial charge is 0.311 e. The fourth-order valence-corrected chi connectivity index (χ4v) is 5.32. The van der Waals surface area contributed by atoms with Crippen LogP contribution in [0, 0.1) is 0 Å². The minimum absolute atomic E-state index is 0.0974. The lowest BCUT2D eigenvalue weighted by Crippen LogP contribution is -2.38. The van der Waals surface area contributed by atoms with Crippen molar-refractivity contribution in [3.8, 4) is 0 Å². The molecular formula is C14H23NO2S2. The van der Waals surface area contributed by atoms with Gasteiger partial charge in [0.15, 0.2) is 9.84 Å². The normalized spacial score (nSPS) is 19.4. The Labute approximate surface area is 120 Å². The molecule has 1 heterocycles. The van der Waals surface area contributed by atoms with E-state index in [0.717, 1.165) is 32.2 Å². The van der Waals surface area contributed by atoms with Crippen molar-refractivity contribution < 1.29 is 8.42 Å². The van der Waals surface area contributed by atoms with E-state index < -0.39 is 9.84 Å². The third-order valence-corrected chi connectivity index (χ3v) is 7.45. The highest BCUT2D eigenvalue weighted by Crippen LogP contribution is 2.26. The second-order valence-electron chi connectivity index (χ2n) is 5.37. The summed E-state index contributed by atoms with van der Waals surface area (Å²) >= 11 is 1.70. The molecule has 108 valence electrons. The molecule has 1 aromatic heterocycles. The zero-order valence-corrected chi connectivity index (χ0v) is 13.1. The van der Waals surface area contributed by atoms with Gasteiger partial charge in [0, 0.05) is 18.0 Å². The van der Waals surface area contributed by atoms with Crippen molar-refractivity contribution in [1.29, 1.82) is 0 Å². The molecule has 1 atom stereocenters. The maximum absolute atomic E-state index is 12.4. The van der Waals surface area contributed by atoms with Crippen LogP contribution in [0.15, 0.2) is 17.5 Å². The van der Waals surface area contributed by atoms with E-state index in [2.05, 4.69) is 11.4 Å². The Morgan fingerprint density at radius 3 is 2.74 bits per heavy atom. The van der Waals surface area contributed by atoms with E-state index in [1.54, 1.807) is 11.3 Å². The first-order valence-electron chi connectivity index (χ1n) is 7.06. The molecule has 0 saturated heterocycles. The van der Waals surface area contributed by atoms with E-state index in [4.69, 9.17) is 0 Å². The Hall–Kier alpha value is -0.390. The Kier molecular flexibility index (Phi) is 5.42. The van der Waals surface area contributed by atoms with Crippen LogP contribution in [0.2, 0.25) is 0 Å². The highest BCUT2D eigenvalue weighted by molar-refractivity contribution is 7.92. The maximum atomic E-state index is 12.4. The lowest BCUT2D eigenvalue weighted by Gasteiger charge is -2.25. The topological polar surface area (TPSA) is 46.2 Å². The molecule has 1 unspecified atom stereocenters. The lowest BCUT2D eigenvalue weighted by atomic mass is 10.0. The first kappa shape index (κ1) is 15.0. The van der Waals surface area contributed by atoms with Gasteiger partial charge in [0.2, 0.25) is 0 Å². The Bertz CT molecular complexity index is 462. The molecule has 1 aliphatic carbocycles. The van der Waals surface area contributed by atoms with Crippen LogP contribution in [0.25, 0.3) is 0 Å². The summed E-state index contributed by atoms with van der Waals surface area (Å²) in [5.74, 6) is 0. The average Bonchev–Trinajstić information content (AvgIpc) is 2.93. The van der Waals surface area contributed by atoms with E-state index in [0.29, 0.717) is 6.54 Å². The number of hydrogen-bond acceptors (Lipinski definition) is 4. The fraction of sp³-hybridized carbons (Fsp3) is 0.714. The van der Waals surface area contributed by atoms with Crippen LogP contribution in [-0.2, 0) is 16.4 Å². The molecule has 1 aliphatic rings. The molecule has 3 nitrogen and oxygen atoms in total. The molecule has 0 bridgehead atoms. The Morgan fingerprint density at radius 2 is 2.11 bits per heavy atom. The minimum Gasteiger partial charge on any atom is -0.311 e. The molecule has 1 N–H and O–H groups in total. The molecule has 0 aromatic carbocycles. The monoisotopic (exact) mass is 301 g/mol. The molecule has 1 saturated carbocycles. The summed E-state index contributed by atoms with van der Waals surface area (Å²) in [7, 11) is -2.96. The first-order valence-corrected chi connectivity index (χ1v) is 9.55. The molecule has 19 heavy (non-hydrogen) atoms. The van der Waals surface area contributed by atoms with Gasteiger partial charge < -0.3 is 5.32 Å². The summed E-state index contributed by atoms with van der Waals surface area (Å²) in [5.41, 5.74) is 0. The molecule has 5 heteroatoms. The van der Waals surface area contributed by atoms with Crippen LogP contribution < -0.4 is 5.32 Å². The molecule has 1 aromatic rings. The van der Waals surface area contributed by atoms with Crippen molar-refractivity contribution in [2.24, 2.45) is 0 Å². The zero-order valence-electron chi connectivity index (χ0n) is 11.5. The highest BCUT2D eigenvalue weighted by atomic mass is 32.2. The zero-order chi connectivity index (χ0) is 13.7. The summed E-state index contributed by atoms with van der Waals surface area (Å²) < 4.78 is 24.9. The number of rotatable bonds is 6. The van der Waals surface area contributed by atoms with Gasteiger partial charge in [0.25, 0.3) is 0 Å². The van der Waals surface area contributed by atoms with E-state index in [9.17, 15) is 8.42 Å². The number of sulfone groups is 1. The SMILES string of the molecule is CC(CNCc1cccs1)S(=O)(=O)C1CCCCC1. The van der Waals surface area contributed by atoms with Gasteiger partial charge in [-0.25, -0.2) is 8.42 Å². The molecule has 0 amide bonds. The predicted molar refractivity (Wildman–Crippen MR) is 81.3 cm³/mol. The third kappa shape index (κ3) is 4.04. The summed E-state index contributed by atoms with van der Waals surface area (Å²) in [6.45, 7) is 3.16. The molecule has 0 aliphatic heterocycles. The maximum Gasteiger partial charge on any atom is 0.156 e. The van der Waals surface area contributed by atoms with Crippen LogP contribution in [0.1, 0.15) is 43.9 Å².